The van der Waals surface area contributed by atoms with Gasteiger partial charge < -0.3 is 10.1 Å². The molecule has 1 aliphatic heterocycles. The van der Waals surface area contributed by atoms with Crippen LogP contribution < -0.4 is 5.32 Å². The molecule has 2 aromatic rings. The van der Waals surface area contributed by atoms with Crippen molar-refractivity contribution in [3.63, 3.8) is 0 Å². The highest BCUT2D eigenvalue weighted by Crippen LogP contribution is 2.23. The second kappa shape index (κ2) is 9.62. The van der Waals surface area contributed by atoms with Crippen molar-refractivity contribution in [3.05, 3.63) is 58.7 Å². The molecule has 0 bridgehead atoms. The highest BCUT2D eigenvalue weighted by atomic mass is 32.2. The van der Waals surface area contributed by atoms with Crippen molar-refractivity contribution in [3.8, 4) is 0 Å². The van der Waals surface area contributed by atoms with Gasteiger partial charge >= 0.3 is 5.97 Å². The normalized spacial score (nSPS) is 14.8. The van der Waals surface area contributed by atoms with Crippen molar-refractivity contribution in [2.24, 2.45) is 0 Å². The van der Waals surface area contributed by atoms with Gasteiger partial charge in [-0.1, -0.05) is 18.6 Å². The number of rotatable bonds is 6. The molecule has 3 rings (SSSR count). The lowest BCUT2D eigenvalue weighted by molar-refractivity contribution is -0.119. The number of hydrogen-bond acceptors (Lipinski definition) is 5. The second-order valence-electron chi connectivity index (χ2n) is 7.86. The number of hydrogen-bond donors (Lipinski definition) is 1. The number of nitrogens with one attached hydrogen (secondary N) is 1. The Labute approximate surface area is 183 Å². The first kappa shape index (κ1) is 23.0. The molecule has 0 atom stereocenters. The van der Waals surface area contributed by atoms with Crippen LogP contribution in [0.5, 0.6) is 0 Å². The molecule has 0 saturated carbocycles. The number of nitrogens with zero attached hydrogens (tertiary/aromatic N) is 1. The second-order valence-corrected chi connectivity index (χ2v) is 9.80. The van der Waals surface area contributed by atoms with Crippen LogP contribution in [0.2, 0.25) is 0 Å². The summed E-state index contributed by atoms with van der Waals surface area (Å²) in [4.78, 5) is 24.8. The number of anilines is 1. The predicted molar refractivity (Wildman–Crippen MR) is 119 cm³/mol. The Bertz CT molecular complexity index is 1090. The van der Waals surface area contributed by atoms with Crippen LogP contribution in [-0.2, 0) is 19.6 Å². The van der Waals surface area contributed by atoms with Crippen LogP contribution in [0, 0.1) is 20.8 Å². The van der Waals surface area contributed by atoms with Crippen LogP contribution in [0.15, 0.2) is 41.3 Å². The first-order chi connectivity index (χ1) is 14.7. The van der Waals surface area contributed by atoms with Gasteiger partial charge in [0.25, 0.3) is 5.91 Å². The number of piperidine rings is 1. The predicted octanol–water partition coefficient (Wildman–Crippen LogP) is 3.58. The molecule has 2 aromatic carbocycles. The molecule has 8 heteroatoms. The summed E-state index contributed by atoms with van der Waals surface area (Å²) in [6.07, 6.45) is 2.67. The molecule has 0 aliphatic carbocycles. The van der Waals surface area contributed by atoms with Gasteiger partial charge in [-0.15, -0.1) is 0 Å². The fourth-order valence-corrected chi connectivity index (χ4v) is 5.00. The summed E-state index contributed by atoms with van der Waals surface area (Å²) in [5.74, 6) is -1.20. The van der Waals surface area contributed by atoms with E-state index in [9.17, 15) is 18.0 Å². The molecular weight excluding hydrogens is 416 g/mol. The first-order valence-electron chi connectivity index (χ1n) is 10.3. The lowest BCUT2D eigenvalue weighted by atomic mass is 10.1. The summed E-state index contributed by atoms with van der Waals surface area (Å²) in [5.41, 5.74) is 3.49. The van der Waals surface area contributed by atoms with Gasteiger partial charge in [0.05, 0.1) is 10.5 Å². The van der Waals surface area contributed by atoms with E-state index in [1.165, 1.54) is 16.4 Å². The largest absolute Gasteiger partial charge is 0.452 e. The number of amides is 1. The van der Waals surface area contributed by atoms with E-state index in [-0.39, 0.29) is 10.5 Å². The van der Waals surface area contributed by atoms with Crippen LogP contribution in [0.1, 0.15) is 46.3 Å². The van der Waals surface area contributed by atoms with E-state index in [1.807, 2.05) is 26.0 Å². The third-order valence-corrected chi connectivity index (χ3v) is 7.40. The van der Waals surface area contributed by atoms with E-state index in [2.05, 4.69) is 5.32 Å². The van der Waals surface area contributed by atoms with Gasteiger partial charge in [0.15, 0.2) is 6.61 Å². The zero-order valence-corrected chi connectivity index (χ0v) is 18.9. The van der Waals surface area contributed by atoms with Crippen molar-refractivity contribution in [2.75, 3.05) is 25.0 Å². The van der Waals surface area contributed by atoms with Crippen LogP contribution in [0.3, 0.4) is 0 Å². The van der Waals surface area contributed by atoms with Crippen LogP contribution in [0.4, 0.5) is 5.69 Å². The quantitative estimate of drug-likeness (QED) is 0.688. The van der Waals surface area contributed by atoms with Gasteiger partial charge in [0.1, 0.15) is 0 Å². The molecule has 1 saturated heterocycles. The van der Waals surface area contributed by atoms with E-state index in [0.717, 1.165) is 30.4 Å². The highest BCUT2D eigenvalue weighted by Gasteiger charge is 2.27. The van der Waals surface area contributed by atoms with Crippen molar-refractivity contribution in [2.45, 2.75) is 44.9 Å². The molecule has 0 radical (unpaired) electrons. The van der Waals surface area contributed by atoms with E-state index >= 15 is 0 Å². The Morgan fingerprint density at radius 3 is 2.29 bits per heavy atom. The zero-order valence-electron chi connectivity index (χ0n) is 18.1. The molecule has 0 unspecified atom stereocenters. The molecule has 166 valence electrons. The van der Waals surface area contributed by atoms with E-state index < -0.39 is 28.5 Å². The van der Waals surface area contributed by atoms with Gasteiger partial charge in [-0.25, -0.2) is 13.2 Å². The minimum absolute atomic E-state index is 0.0616. The monoisotopic (exact) mass is 444 g/mol. The minimum atomic E-state index is -3.67. The Morgan fingerprint density at radius 1 is 0.935 bits per heavy atom. The Balaban J connectivity index is 1.67. The Kier molecular flexibility index (Phi) is 7.12. The average Bonchev–Trinajstić information content (AvgIpc) is 2.75. The molecule has 1 heterocycles. The lowest BCUT2D eigenvalue weighted by Crippen LogP contribution is -2.35. The maximum atomic E-state index is 12.9. The molecule has 1 aliphatic rings. The Hall–Kier alpha value is -2.71. The van der Waals surface area contributed by atoms with Crippen LogP contribution >= 0.6 is 0 Å². The number of ether oxygens (including phenoxy) is 1. The van der Waals surface area contributed by atoms with Gasteiger partial charge in [-0.05, 0) is 74.6 Å². The highest BCUT2D eigenvalue weighted by molar-refractivity contribution is 7.89. The van der Waals surface area contributed by atoms with Crippen molar-refractivity contribution < 1.29 is 22.7 Å². The summed E-state index contributed by atoms with van der Waals surface area (Å²) in [7, 11) is -3.67. The standard InChI is InChI=1S/C23H28N2O5S/c1-16-7-9-19(13-18(16)3)24-22(26)15-30-23(27)21-14-20(10-8-17(21)2)31(28,29)25-11-5-4-6-12-25/h7-10,13-14H,4-6,11-12,15H2,1-3H3,(H,24,26). The summed E-state index contributed by atoms with van der Waals surface area (Å²) >= 11 is 0. The molecule has 1 amide bonds. The number of carbonyl (C=O) groups excluding carboxylic acids is 2. The minimum Gasteiger partial charge on any atom is -0.452 e. The number of benzene rings is 2. The van der Waals surface area contributed by atoms with Gasteiger partial charge in [0.2, 0.25) is 10.0 Å². The maximum Gasteiger partial charge on any atom is 0.338 e. The summed E-state index contributed by atoms with van der Waals surface area (Å²) in [5, 5.41) is 2.69. The van der Waals surface area contributed by atoms with Gasteiger partial charge in [-0.2, -0.15) is 4.31 Å². The maximum absolute atomic E-state index is 12.9. The van der Waals surface area contributed by atoms with E-state index in [0.29, 0.717) is 24.3 Å². The van der Waals surface area contributed by atoms with E-state index in [4.69, 9.17) is 4.74 Å². The van der Waals surface area contributed by atoms with Crippen molar-refractivity contribution in [1.82, 2.24) is 4.31 Å². The number of esters is 1. The third kappa shape index (κ3) is 5.51. The number of carbonyl (C=O) groups is 2. The van der Waals surface area contributed by atoms with Crippen LogP contribution in [0.25, 0.3) is 0 Å². The topological polar surface area (TPSA) is 92.8 Å². The Morgan fingerprint density at radius 2 is 1.61 bits per heavy atom. The molecule has 1 N–H and O–H groups in total. The van der Waals surface area contributed by atoms with Crippen LogP contribution in [-0.4, -0.2) is 44.3 Å². The molecule has 0 aromatic heterocycles. The SMILES string of the molecule is Cc1ccc(NC(=O)COC(=O)c2cc(S(=O)(=O)N3CCCCC3)ccc2C)cc1C. The molecular formula is C23H28N2O5S. The molecule has 31 heavy (non-hydrogen) atoms. The fraction of sp³-hybridized carbons (Fsp3) is 0.391. The summed E-state index contributed by atoms with van der Waals surface area (Å²) in [6, 6.07) is 9.94. The number of aryl methyl sites for hydroxylation is 3. The zero-order chi connectivity index (χ0) is 22.6. The number of sulfonamides is 1. The van der Waals surface area contributed by atoms with Gasteiger partial charge in [0, 0.05) is 18.8 Å². The molecule has 7 nitrogen and oxygen atoms in total. The fourth-order valence-electron chi connectivity index (χ4n) is 3.46. The smallest absolute Gasteiger partial charge is 0.338 e. The molecule has 1 fully saturated rings. The van der Waals surface area contributed by atoms with Gasteiger partial charge in [-0.3, -0.25) is 4.79 Å². The average molecular weight is 445 g/mol. The first-order valence-corrected chi connectivity index (χ1v) is 11.8. The lowest BCUT2D eigenvalue weighted by Gasteiger charge is -2.26. The summed E-state index contributed by atoms with van der Waals surface area (Å²) < 4.78 is 32.4. The third-order valence-electron chi connectivity index (χ3n) is 5.51. The van der Waals surface area contributed by atoms with E-state index in [1.54, 1.807) is 19.1 Å². The van der Waals surface area contributed by atoms with Crippen molar-refractivity contribution in [1.29, 1.82) is 0 Å². The summed E-state index contributed by atoms with van der Waals surface area (Å²) in [6.45, 7) is 6.12. The molecule has 0 spiro atoms. The van der Waals surface area contributed by atoms with Crippen molar-refractivity contribution >= 4 is 27.6 Å².